The van der Waals surface area contributed by atoms with E-state index < -0.39 is 0 Å². The molecule has 1 N–H and O–H groups in total. The summed E-state index contributed by atoms with van der Waals surface area (Å²) in [5.74, 6) is 0.911. The Labute approximate surface area is 122 Å². The molecular weight excluding hydrogens is 302 g/mol. The van der Waals surface area contributed by atoms with Crippen molar-refractivity contribution in [2.45, 2.75) is 13.1 Å². The zero-order valence-electron chi connectivity index (χ0n) is 11.2. The third-order valence-electron chi connectivity index (χ3n) is 2.87. The highest BCUT2D eigenvalue weighted by atomic mass is 79.9. The monoisotopic (exact) mass is 319 g/mol. The standard InChI is InChI=1S/C15H18BrN3/c1-17-15-9-13(6-7-18-15)11-19(2)10-12-4-3-5-14(16)8-12/h3-9H,10-11H2,1-2H3,(H,17,18). The summed E-state index contributed by atoms with van der Waals surface area (Å²) in [6, 6.07) is 12.6. The molecule has 0 saturated heterocycles. The lowest BCUT2D eigenvalue weighted by Gasteiger charge is -2.17. The van der Waals surface area contributed by atoms with E-state index in [0.29, 0.717) is 0 Å². The van der Waals surface area contributed by atoms with E-state index in [-0.39, 0.29) is 0 Å². The van der Waals surface area contributed by atoms with Gasteiger partial charge in [-0.1, -0.05) is 28.1 Å². The fourth-order valence-electron chi connectivity index (χ4n) is 2.02. The quantitative estimate of drug-likeness (QED) is 0.914. The summed E-state index contributed by atoms with van der Waals surface area (Å²) in [5, 5.41) is 3.06. The van der Waals surface area contributed by atoms with Gasteiger partial charge >= 0.3 is 0 Å². The largest absolute Gasteiger partial charge is 0.373 e. The Morgan fingerprint density at radius 2 is 1.89 bits per heavy atom. The second kappa shape index (κ2) is 6.68. The van der Waals surface area contributed by atoms with Crippen LogP contribution in [0.4, 0.5) is 5.82 Å². The molecule has 2 rings (SSSR count). The van der Waals surface area contributed by atoms with Crippen molar-refractivity contribution < 1.29 is 0 Å². The van der Waals surface area contributed by atoms with Crippen molar-refractivity contribution in [3.05, 3.63) is 58.2 Å². The average Bonchev–Trinajstić information content (AvgIpc) is 2.38. The third-order valence-corrected chi connectivity index (χ3v) is 3.37. The molecule has 1 aromatic heterocycles. The number of nitrogens with zero attached hydrogens (tertiary/aromatic N) is 2. The first-order chi connectivity index (χ1) is 9.17. The van der Waals surface area contributed by atoms with Crippen LogP contribution in [0.3, 0.4) is 0 Å². The Hall–Kier alpha value is -1.39. The van der Waals surface area contributed by atoms with Gasteiger partial charge in [-0.25, -0.2) is 4.98 Å². The van der Waals surface area contributed by atoms with Gasteiger partial charge in [-0.15, -0.1) is 0 Å². The Morgan fingerprint density at radius 3 is 2.58 bits per heavy atom. The van der Waals surface area contributed by atoms with Crippen LogP contribution in [-0.2, 0) is 13.1 Å². The topological polar surface area (TPSA) is 28.2 Å². The van der Waals surface area contributed by atoms with Crippen LogP contribution in [0.2, 0.25) is 0 Å². The molecule has 0 saturated carbocycles. The average molecular weight is 320 g/mol. The van der Waals surface area contributed by atoms with Crippen LogP contribution >= 0.6 is 15.9 Å². The molecule has 0 aliphatic rings. The highest BCUT2D eigenvalue weighted by Crippen LogP contribution is 2.14. The molecule has 1 aromatic carbocycles. The van der Waals surface area contributed by atoms with Crippen LogP contribution in [0.5, 0.6) is 0 Å². The molecule has 2 aromatic rings. The van der Waals surface area contributed by atoms with E-state index in [1.54, 1.807) is 0 Å². The van der Waals surface area contributed by atoms with E-state index in [1.807, 2.05) is 19.3 Å². The lowest BCUT2D eigenvalue weighted by molar-refractivity contribution is 0.319. The van der Waals surface area contributed by atoms with Crippen molar-refractivity contribution >= 4 is 21.7 Å². The highest BCUT2D eigenvalue weighted by Gasteiger charge is 2.03. The van der Waals surface area contributed by atoms with Gasteiger partial charge in [-0.3, -0.25) is 4.90 Å². The number of rotatable bonds is 5. The molecule has 0 radical (unpaired) electrons. The first-order valence-electron chi connectivity index (χ1n) is 6.23. The Kier molecular flexibility index (Phi) is 4.93. The molecule has 0 spiro atoms. The fourth-order valence-corrected chi connectivity index (χ4v) is 2.47. The van der Waals surface area contributed by atoms with Gasteiger partial charge in [0.05, 0.1) is 0 Å². The van der Waals surface area contributed by atoms with Gasteiger partial charge in [-0.2, -0.15) is 0 Å². The summed E-state index contributed by atoms with van der Waals surface area (Å²) in [5.41, 5.74) is 2.57. The zero-order chi connectivity index (χ0) is 13.7. The van der Waals surface area contributed by atoms with Gasteiger partial charge in [0.15, 0.2) is 0 Å². The molecule has 0 amide bonds. The Bertz CT molecular complexity index is 542. The Balaban J connectivity index is 1.98. The first-order valence-corrected chi connectivity index (χ1v) is 7.02. The molecule has 100 valence electrons. The summed E-state index contributed by atoms with van der Waals surface area (Å²) < 4.78 is 1.12. The van der Waals surface area contributed by atoms with E-state index >= 15 is 0 Å². The van der Waals surface area contributed by atoms with Gasteiger partial charge < -0.3 is 5.32 Å². The molecule has 0 unspecified atom stereocenters. The minimum absolute atomic E-state index is 0.906. The lowest BCUT2D eigenvalue weighted by atomic mass is 10.2. The van der Waals surface area contributed by atoms with Crippen LogP contribution in [0, 0.1) is 0 Å². The number of hydrogen-bond acceptors (Lipinski definition) is 3. The molecule has 1 heterocycles. The van der Waals surface area contributed by atoms with Gasteiger partial charge in [-0.05, 0) is 42.4 Å². The van der Waals surface area contributed by atoms with E-state index in [9.17, 15) is 0 Å². The smallest absolute Gasteiger partial charge is 0.125 e. The van der Waals surface area contributed by atoms with Crippen molar-refractivity contribution in [3.8, 4) is 0 Å². The Morgan fingerprint density at radius 1 is 1.16 bits per heavy atom. The van der Waals surface area contributed by atoms with Crippen molar-refractivity contribution in [2.75, 3.05) is 19.4 Å². The van der Waals surface area contributed by atoms with Crippen LogP contribution in [0.15, 0.2) is 47.1 Å². The first kappa shape index (κ1) is 14.0. The summed E-state index contributed by atoms with van der Waals surface area (Å²) in [7, 11) is 4.01. The molecule has 0 aliphatic heterocycles. The zero-order valence-corrected chi connectivity index (χ0v) is 12.8. The molecule has 3 nitrogen and oxygen atoms in total. The minimum atomic E-state index is 0.906. The fraction of sp³-hybridized carbons (Fsp3) is 0.267. The van der Waals surface area contributed by atoms with Crippen molar-refractivity contribution in [3.63, 3.8) is 0 Å². The summed E-state index contributed by atoms with van der Waals surface area (Å²) >= 11 is 3.50. The molecule has 0 bridgehead atoms. The van der Waals surface area contributed by atoms with Gasteiger partial charge in [0.25, 0.3) is 0 Å². The number of halogens is 1. The molecule has 0 atom stereocenters. The number of nitrogens with one attached hydrogen (secondary N) is 1. The predicted molar refractivity (Wildman–Crippen MR) is 83.1 cm³/mol. The minimum Gasteiger partial charge on any atom is -0.373 e. The lowest BCUT2D eigenvalue weighted by Crippen LogP contribution is -2.17. The number of pyridine rings is 1. The van der Waals surface area contributed by atoms with Crippen LogP contribution in [0.1, 0.15) is 11.1 Å². The maximum absolute atomic E-state index is 4.22. The van der Waals surface area contributed by atoms with Crippen LogP contribution in [-0.4, -0.2) is 24.0 Å². The van der Waals surface area contributed by atoms with Gasteiger partial charge in [0.2, 0.25) is 0 Å². The number of benzene rings is 1. The van der Waals surface area contributed by atoms with E-state index in [4.69, 9.17) is 0 Å². The molecule has 0 aliphatic carbocycles. The number of aromatic nitrogens is 1. The van der Waals surface area contributed by atoms with E-state index in [1.165, 1.54) is 11.1 Å². The summed E-state index contributed by atoms with van der Waals surface area (Å²) in [4.78, 5) is 6.51. The maximum Gasteiger partial charge on any atom is 0.125 e. The van der Waals surface area contributed by atoms with Gasteiger partial charge in [0.1, 0.15) is 5.82 Å². The predicted octanol–water partition coefficient (Wildman–Crippen LogP) is 3.52. The van der Waals surface area contributed by atoms with Crippen molar-refractivity contribution in [2.24, 2.45) is 0 Å². The van der Waals surface area contributed by atoms with E-state index in [2.05, 4.69) is 68.5 Å². The van der Waals surface area contributed by atoms with Crippen LogP contribution < -0.4 is 5.32 Å². The normalized spacial score (nSPS) is 10.7. The van der Waals surface area contributed by atoms with Crippen LogP contribution in [0.25, 0.3) is 0 Å². The SMILES string of the molecule is CNc1cc(CN(C)Cc2cccc(Br)c2)ccn1. The second-order valence-electron chi connectivity index (χ2n) is 4.60. The van der Waals surface area contributed by atoms with Gasteiger partial charge in [0, 0.05) is 30.8 Å². The van der Waals surface area contributed by atoms with Crippen molar-refractivity contribution in [1.82, 2.24) is 9.88 Å². The summed E-state index contributed by atoms with van der Waals surface area (Å²) in [6.07, 6.45) is 1.84. The molecule has 4 heteroatoms. The number of anilines is 1. The molecule has 19 heavy (non-hydrogen) atoms. The molecular formula is C15H18BrN3. The maximum atomic E-state index is 4.22. The third kappa shape index (κ3) is 4.33. The number of hydrogen-bond donors (Lipinski definition) is 1. The highest BCUT2D eigenvalue weighted by molar-refractivity contribution is 9.10. The van der Waals surface area contributed by atoms with E-state index in [0.717, 1.165) is 23.4 Å². The van der Waals surface area contributed by atoms with Crippen molar-refractivity contribution in [1.29, 1.82) is 0 Å². The second-order valence-corrected chi connectivity index (χ2v) is 5.52. The molecule has 0 fully saturated rings. The summed E-state index contributed by atoms with van der Waals surface area (Å²) in [6.45, 7) is 1.83.